The van der Waals surface area contributed by atoms with Crippen LogP contribution in [0.5, 0.6) is 0 Å². The Hall–Kier alpha value is -1.39. The van der Waals surface area contributed by atoms with Crippen LogP contribution >= 0.6 is 34.9 Å². The molecule has 10 heteroatoms. The van der Waals surface area contributed by atoms with Gasteiger partial charge in [0.25, 0.3) is 5.76 Å². The van der Waals surface area contributed by atoms with E-state index in [4.69, 9.17) is 0 Å². The first-order valence-corrected chi connectivity index (χ1v) is 11.8. The third-order valence-corrected chi connectivity index (χ3v) is 7.35. The van der Waals surface area contributed by atoms with Gasteiger partial charge < -0.3 is 10.6 Å². The molecule has 0 spiro atoms. The van der Waals surface area contributed by atoms with Gasteiger partial charge in [0.05, 0.1) is 5.75 Å². The van der Waals surface area contributed by atoms with Gasteiger partial charge in [-0.2, -0.15) is 8.78 Å². The number of carbonyl (C=O) groups excluding carboxylic acids is 1. The van der Waals surface area contributed by atoms with Crippen LogP contribution in [0.3, 0.4) is 0 Å². The highest BCUT2D eigenvalue weighted by molar-refractivity contribution is 8.01. The van der Waals surface area contributed by atoms with Crippen molar-refractivity contribution in [3.8, 4) is 0 Å². The molecule has 1 heterocycles. The van der Waals surface area contributed by atoms with Gasteiger partial charge in [0.1, 0.15) is 0 Å². The SMILES string of the molecule is O=C(CSc1nnc(Nc2ccc(SC(F)F)cc2)s1)NC(C1CC1)C1CC1. The van der Waals surface area contributed by atoms with Crippen LogP contribution < -0.4 is 10.6 Å². The molecule has 0 radical (unpaired) electrons. The summed E-state index contributed by atoms with van der Waals surface area (Å²) in [5.41, 5.74) is 0.751. The molecule has 0 aliphatic heterocycles. The lowest BCUT2D eigenvalue weighted by atomic mass is 10.1. The van der Waals surface area contributed by atoms with Crippen molar-refractivity contribution in [2.45, 2.75) is 46.7 Å². The number of halogens is 2. The fourth-order valence-electron chi connectivity index (χ4n) is 3.05. The highest BCUT2D eigenvalue weighted by Gasteiger charge is 2.42. The van der Waals surface area contributed by atoms with Crippen molar-refractivity contribution >= 4 is 51.6 Å². The van der Waals surface area contributed by atoms with Crippen LogP contribution in [0.1, 0.15) is 25.7 Å². The van der Waals surface area contributed by atoms with Crippen LogP contribution in [-0.2, 0) is 4.79 Å². The molecule has 1 aromatic carbocycles. The lowest BCUT2D eigenvalue weighted by molar-refractivity contribution is -0.119. The molecule has 1 aromatic heterocycles. The van der Waals surface area contributed by atoms with E-state index < -0.39 is 5.76 Å². The maximum Gasteiger partial charge on any atom is 0.288 e. The monoisotopic (exact) mass is 442 g/mol. The largest absolute Gasteiger partial charge is 0.352 e. The van der Waals surface area contributed by atoms with E-state index >= 15 is 0 Å². The van der Waals surface area contributed by atoms with Gasteiger partial charge in [-0.25, -0.2) is 0 Å². The number of nitrogens with zero attached hydrogens (tertiary/aromatic N) is 2. The summed E-state index contributed by atoms with van der Waals surface area (Å²) in [5, 5.41) is 15.1. The van der Waals surface area contributed by atoms with Crippen LogP contribution in [-0.4, -0.2) is 33.7 Å². The third kappa shape index (κ3) is 5.81. The number of alkyl halides is 2. The van der Waals surface area contributed by atoms with Crippen molar-refractivity contribution < 1.29 is 13.6 Å². The number of anilines is 2. The predicted octanol–water partition coefficient (Wildman–Crippen LogP) is 4.99. The summed E-state index contributed by atoms with van der Waals surface area (Å²) < 4.78 is 25.4. The van der Waals surface area contributed by atoms with Gasteiger partial charge in [-0.1, -0.05) is 34.9 Å². The van der Waals surface area contributed by atoms with Gasteiger partial charge in [-0.3, -0.25) is 4.79 Å². The second kappa shape index (κ2) is 8.96. The molecule has 2 N–H and O–H groups in total. The van der Waals surface area contributed by atoms with E-state index in [-0.39, 0.29) is 5.91 Å². The number of nitrogens with one attached hydrogen (secondary N) is 2. The molecule has 2 aromatic rings. The highest BCUT2D eigenvalue weighted by Crippen LogP contribution is 2.44. The van der Waals surface area contributed by atoms with Crippen molar-refractivity contribution in [3.05, 3.63) is 24.3 Å². The zero-order valence-electron chi connectivity index (χ0n) is 14.9. The molecule has 2 aliphatic carbocycles. The highest BCUT2D eigenvalue weighted by atomic mass is 32.2. The Balaban J connectivity index is 1.24. The summed E-state index contributed by atoms with van der Waals surface area (Å²) in [6.07, 6.45) is 4.95. The Morgan fingerprint density at radius 1 is 1.14 bits per heavy atom. The number of aromatic nitrogens is 2. The quantitative estimate of drug-likeness (QED) is 0.505. The Morgan fingerprint density at radius 3 is 2.43 bits per heavy atom. The van der Waals surface area contributed by atoms with Crippen LogP contribution in [0.25, 0.3) is 0 Å². The molecule has 0 saturated heterocycles. The number of hydrogen-bond acceptors (Lipinski definition) is 7. The molecule has 0 unspecified atom stereocenters. The normalized spacial score (nSPS) is 16.6. The molecule has 0 bridgehead atoms. The number of hydrogen-bond donors (Lipinski definition) is 2. The fourth-order valence-corrected chi connectivity index (χ4v) is 5.13. The summed E-state index contributed by atoms with van der Waals surface area (Å²) in [5.74, 6) is -0.661. The van der Waals surface area contributed by atoms with E-state index in [2.05, 4.69) is 20.8 Å². The van der Waals surface area contributed by atoms with E-state index in [0.29, 0.717) is 45.4 Å². The molecule has 2 aliphatic rings. The van der Waals surface area contributed by atoms with E-state index in [9.17, 15) is 13.6 Å². The summed E-state index contributed by atoms with van der Waals surface area (Å²) in [7, 11) is 0. The molecule has 0 atom stereocenters. The van der Waals surface area contributed by atoms with Gasteiger partial charge in [0, 0.05) is 16.6 Å². The number of amides is 1. The van der Waals surface area contributed by atoms with Gasteiger partial charge >= 0.3 is 0 Å². The number of rotatable bonds is 10. The van der Waals surface area contributed by atoms with E-state index in [1.807, 2.05) is 0 Å². The molecule has 150 valence electrons. The second-order valence-corrected chi connectivity index (χ2v) is 10.2. The lowest BCUT2D eigenvalue weighted by Crippen LogP contribution is -2.39. The maximum absolute atomic E-state index is 12.4. The van der Waals surface area contributed by atoms with Crippen molar-refractivity contribution in [1.29, 1.82) is 0 Å². The van der Waals surface area contributed by atoms with E-state index in [1.165, 1.54) is 48.8 Å². The Labute approximate surface area is 174 Å². The summed E-state index contributed by atoms with van der Waals surface area (Å²) in [4.78, 5) is 12.8. The zero-order chi connectivity index (χ0) is 19.5. The van der Waals surface area contributed by atoms with Gasteiger partial charge in [-0.15, -0.1) is 10.2 Å². The second-order valence-electron chi connectivity index (χ2n) is 6.96. The number of benzene rings is 1. The third-order valence-electron chi connectivity index (χ3n) is 4.65. The zero-order valence-corrected chi connectivity index (χ0v) is 17.4. The fraction of sp³-hybridized carbons (Fsp3) is 0.500. The van der Waals surface area contributed by atoms with Gasteiger partial charge in [0.15, 0.2) is 4.34 Å². The Morgan fingerprint density at radius 2 is 1.82 bits per heavy atom. The Bertz CT molecular complexity index is 797. The minimum Gasteiger partial charge on any atom is -0.352 e. The van der Waals surface area contributed by atoms with E-state index in [0.717, 1.165) is 10.0 Å². The molecule has 28 heavy (non-hydrogen) atoms. The van der Waals surface area contributed by atoms with Crippen LogP contribution in [0, 0.1) is 11.8 Å². The predicted molar refractivity (Wildman–Crippen MR) is 110 cm³/mol. The minimum atomic E-state index is -2.43. The molecule has 2 saturated carbocycles. The van der Waals surface area contributed by atoms with Crippen molar-refractivity contribution in [2.24, 2.45) is 11.8 Å². The minimum absolute atomic E-state index is 0.0608. The van der Waals surface area contributed by atoms with Crippen LogP contribution in [0.2, 0.25) is 0 Å². The molecular formula is C18H20F2N4OS3. The maximum atomic E-state index is 12.4. The van der Waals surface area contributed by atoms with Crippen molar-refractivity contribution in [2.75, 3.05) is 11.1 Å². The van der Waals surface area contributed by atoms with Crippen molar-refractivity contribution in [1.82, 2.24) is 15.5 Å². The molecule has 2 fully saturated rings. The van der Waals surface area contributed by atoms with Crippen molar-refractivity contribution in [3.63, 3.8) is 0 Å². The molecule has 1 amide bonds. The summed E-state index contributed by atoms with van der Waals surface area (Å²) in [6, 6.07) is 7.09. The first-order valence-electron chi connectivity index (χ1n) is 9.14. The molecular weight excluding hydrogens is 422 g/mol. The smallest absolute Gasteiger partial charge is 0.288 e. The van der Waals surface area contributed by atoms with E-state index in [1.54, 1.807) is 24.3 Å². The standard InChI is InChI=1S/C18H20F2N4OS3/c19-16(20)27-13-7-5-12(6-8-13)21-17-23-24-18(28-17)26-9-14(25)22-15(10-1-2-10)11-3-4-11/h5-8,10-11,15-16H,1-4,9H2,(H,21,23)(H,22,25). The lowest BCUT2D eigenvalue weighted by Gasteiger charge is -2.17. The average Bonchev–Trinajstić information content (AvgIpc) is 3.58. The first kappa shape index (κ1) is 19.9. The molecule has 4 rings (SSSR count). The topological polar surface area (TPSA) is 66.9 Å². The van der Waals surface area contributed by atoms with Gasteiger partial charge in [-0.05, 0) is 61.8 Å². The number of thioether (sulfide) groups is 2. The Kier molecular flexibility index (Phi) is 6.37. The van der Waals surface area contributed by atoms with Crippen LogP contribution in [0.4, 0.5) is 19.6 Å². The molecule has 5 nitrogen and oxygen atoms in total. The van der Waals surface area contributed by atoms with Gasteiger partial charge in [0.2, 0.25) is 11.0 Å². The average molecular weight is 443 g/mol. The summed E-state index contributed by atoms with van der Waals surface area (Å²) >= 11 is 3.26. The summed E-state index contributed by atoms with van der Waals surface area (Å²) in [6.45, 7) is 0. The van der Waals surface area contributed by atoms with Crippen LogP contribution in [0.15, 0.2) is 33.5 Å². The number of carbonyl (C=O) groups is 1. The first-order chi connectivity index (χ1) is 13.6.